The highest BCUT2D eigenvalue weighted by Gasteiger charge is 2.12. The van der Waals surface area contributed by atoms with Crippen molar-refractivity contribution < 1.29 is 0 Å². The van der Waals surface area contributed by atoms with E-state index in [1.54, 1.807) is 6.33 Å². The zero-order valence-corrected chi connectivity index (χ0v) is 12.2. The Labute approximate surface area is 112 Å². The van der Waals surface area contributed by atoms with Crippen LogP contribution in [0.25, 0.3) is 10.2 Å². The predicted molar refractivity (Wildman–Crippen MR) is 77.1 cm³/mol. The minimum absolute atomic E-state index is 0.421. The molecule has 0 bridgehead atoms. The topological polar surface area (TPSA) is 50.7 Å². The standard InChI is InChI=1S/C13H20N4S/c1-8(2)5-6-9(3)16-12-11-10(4)17-18-13(11)15-7-14-12/h7-9H,5-6H2,1-4H3,(H,14,15,16). The molecule has 0 aliphatic carbocycles. The van der Waals surface area contributed by atoms with E-state index in [1.165, 1.54) is 18.0 Å². The molecule has 0 aliphatic heterocycles. The van der Waals surface area contributed by atoms with Crippen LogP contribution in [0.4, 0.5) is 5.82 Å². The molecule has 0 spiro atoms. The van der Waals surface area contributed by atoms with E-state index in [2.05, 4.69) is 40.4 Å². The summed E-state index contributed by atoms with van der Waals surface area (Å²) in [5, 5.41) is 4.55. The van der Waals surface area contributed by atoms with E-state index in [9.17, 15) is 0 Å². The lowest BCUT2D eigenvalue weighted by Crippen LogP contribution is -2.17. The molecule has 0 saturated heterocycles. The van der Waals surface area contributed by atoms with Gasteiger partial charge in [0.25, 0.3) is 0 Å². The number of rotatable bonds is 5. The Morgan fingerprint density at radius 1 is 1.22 bits per heavy atom. The van der Waals surface area contributed by atoms with E-state index in [1.807, 2.05) is 6.92 Å². The molecule has 1 N–H and O–H groups in total. The molecule has 1 unspecified atom stereocenters. The third-order valence-electron chi connectivity index (χ3n) is 3.00. The maximum atomic E-state index is 4.35. The van der Waals surface area contributed by atoms with E-state index in [0.29, 0.717) is 6.04 Å². The summed E-state index contributed by atoms with van der Waals surface area (Å²) >= 11 is 1.43. The molecule has 0 radical (unpaired) electrons. The number of hydrogen-bond donors (Lipinski definition) is 1. The fourth-order valence-corrected chi connectivity index (χ4v) is 2.67. The van der Waals surface area contributed by atoms with Gasteiger partial charge >= 0.3 is 0 Å². The summed E-state index contributed by atoms with van der Waals surface area (Å²) in [4.78, 5) is 9.56. The van der Waals surface area contributed by atoms with Crippen LogP contribution in [0.2, 0.25) is 0 Å². The molecule has 0 fully saturated rings. The number of aromatic nitrogens is 3. The lowest BCUT2D eigenvalue weighted by Gasteiger charge is -2.16. The Hall–Kier alpha value is -1.23. The van der Waals surface area contributed by atoms with Crippen LogP contribution >= 0.6 is 11.5 Å². The van der Waals surface area contributed by atoms with E-state index in [4.69, 9.17) is 0 Å². The largest absolute Gasteiger partial charge is 0.367 e. The van der Waals surface area contributed by atoms with Crippen molar-refractivity contribution in [3.8, 4) is 0 Å². The highest BCUT2D eigenvalue weighted by atomic mass is 32.1. The molecule has 18 heavy (non-hydrogen) atoms. The first-order valence-corrected chi connectivity index (χ1v) is 7.18. The van der Waals surface area contributed by atoms with Crippen molar-refractivity contribution >= 4 is 27.6 Å². The third-order valence-corrected chi connectivity index (χ3v) is 3.85. The maximum absolute atomic E-state index is 4.35. The summed E-state index contributed by atoms with van der Waals surface area (Å²) < 4.78 is 4.34. The highest BCUT2D eigenvalue weighted by Crippen LogP contribution is 2.26. The van der Waals surface area contributed by atoms with Gasteiger partial charge < -0.3 is 5.32 Å². The summed E-state index contributed by atoms with van der Waals surface area (Å²) in [7, 11) is 0. The number of nitrogens with one attached hydrogen (secondary N) is 1. The molecule has 0 saturated carbocycles. The van der Waals surface area contributed by atoms with Gasteiger partial charge in [0.05, 0.1) is 11.1 Å². The molecule has 0 amide bonds. The smallest absolute Gasteiger partial charge is 0.149 e. The summed E-state index contributed by atoms with van der Waals surface area (Å²) in [6.45, 7) is 8.71. The van der Waals surface area contributed by atoms with Gasteiger partial charge in [0.1, 0.15) is 17.0 Å². The van der Waals surface area contributed by atoms with Gasteiger partial charge in [-0.2, -0.15) is 4.37 Å². The first-order valence-electron chi connectivity index (χ1n) is 6.41. The van der Waals surface area contributed by atoms with Gasteiger partial charge in [-0.1, -0.05) is 13.8 Å². The Balaban J connectivity index is 2.13. The van der Waals surface area contributed by atoms with Crippen LogP contribution in [0.15, 0.2) is 6.33 Å². The number of fused-ring (bicyclic) bond motifs is 1. The molecule has 0 aromatic carbocycles. The quantitative estimate of drug-likeness (QED) is 0.896. The summed E-state index contributed by atoms with van der Waals surface area (Å²) in [5.74, 6) is 1.66. The molecule has 1 atom stereocenters. The molecule has 0 aliphatic rings. The molecular formula is C13H20N4S. The zero-order chi connectivity index (χ0) is 13.1. The monoisotopic (exact) mass is 264 g/mol. The average Bonchev–Trinajstić information content (AvgIpc) is 2.70. The Morgan fingerprint density at radius 3 is 2.72 bits per heavy atom. The van der Waals surface area contributed by atoms with Crippen LogP contribution in [0.1, 0.15) is 39.3 Å². The predicted octanol–water partition coefficient (Wildman–Crippen LogP) is 3.63. The number of aryl methyl sites for hydroxylation is 1. The molecule has 2 heterocycles. The fourth-order valence-electron chi connectivity index (χ4n) is 1.92. The minimum Gasteiger partial charge on any atom is -0.367 e. The normalized spacial score (nSPS) is 13.2. The summed E-state index contributed by atoms with van der Waals surface area (Å²) in [5.41, 5.74) is 1.01. The summed E-state index contributed by atoms with van der Waals surface area (Å²) in [6.07, 6.45) is 3.99. The molecule has 2 rings (SSSR count). The molecule has 98 valence electrons. The molecule has 2 aromatic heterocycles. The van der Waals surface area contributed by atoms with Gasteiger partial charge in [-0.3, -0.25) is 0 Å². The maximum Gasteiger partial charge on any atom is 0.149 e. The Bertz CT molecular complexity index is 521. The number of nitrogens with zero attached hydrogens (tertiary/aromatic N) is 3. The second-order valence-electron chi connectivity index (χ2n) is 5.19. The number of anilines is 1. The Kier molecular flexibility index (Phi) is 4.11. The first kappa shape index (κ1) is 13.2. The lowest BCUT2D eigenvalue weighted by atomic mass is 10.0. The van der Waals surface area contributed by atoms with E-state index in [-0.39, 0.29) is 0 Å². The second kappa shape index (κ2) is 5.61. The van der Waals surface area contributed by atoms with Crippen LogP contribution in [-0.4, -0.2) is 20.4 Å². The molecule has 5 heteroatoms. The van der Waals surface area contributed by atoms with Crippen LogP contribution in [0.3, 0.4) is 0 Å². The molecule has 4 nitrogen and oxygen atoms in total. The van der Waals surface area contributed by atoms with Gasteiger partial charge in [0.15, 0.2) is 0 Å². The van der Waals surface area contributed by atoms with Crippen molar-refractivity contribution in [1.29, 1.82) is 0 Å². The zero-order valence-electron chi connectivity index (χ0n) is 11.4. The first-order chi connectivity index (χ1) is 8.58. The van der Waals surface area contributed by atoms with Gasteiger partial charge in [-0.15, -0.1) is 0 Å². The van der Waals surface area contributed by atoms with Gasteiger partial charge in [0.2, 0.25) is 0 Å². The summed E-state index contributed by atoms with van der Waals surface area (Å²) in [6, 6.07) is 0.421. The average molecular weight is 264 g/mol. The van der Waals surface area contributed by atoms with Crippen LogP contribution in [0, 0.1) is 12.8 Å². The second-order valence-corrected chi connectivity index (χ2v) is 5.94. The van der Waals surface area contributed by atoms with Crippen molar-refractivity contribution in [1.82, 2.24) is 14.3 Å². The van der Waals surface area contributed by atoms with Gasteiger partial charge in [0, 0.05) is 6.04 Å². The molecular weight excluding hydrogens is 244 g/mol. The van der Waals surface area contributed by atoms with Crippen molar-refractivity contribution in [3.63, 3.8) is 0 Å². The fraction of sp³-hybridized carbons (Fsp3) is 0.615. The van der Waals surface area contributed by atoms with Crippen molar-refractivity contribution in [2.45, 2.75) is 46.6 Å². The number of hydrogen-bond acceptors (Lipinski definition) is 5. The van der Waals surface area contributed by atoms with E-state index >= 15 is 0 Å². The van der Waals surface area contributed by atoms with Gasteiger partial charge in [-0.25, -0.2) is 9.97 Å². The minimum atomic E-state index is 0.421. The Morgan fingerprint density at radius 2 is 2.00 bits per heavy atom. The van der Waals surface area contributed by atoms with E-state index in [0.717, 1.165) is 34.1 Å². The van der Waals surface area contributed by atoms with Gasteiger partial charge in [-0.05, 0) is 44.1 Å². The SMILES string of the molecule is Cc1nsc2ncnc(NC(C)CCC(C)C)c12. The van der Waals surface area contributed by atoms with Crippen molar-refractivity contribution in [2.24, 2.45) is 5.92 Å². The van der Waals surface area contributed by atoms with Crippen LogP contribution < -0.4 is 5.32 Å². The van der Waals surface area contributed by atoms with Crippen molar-refractivity contribution in [2.75, 3.05) is 5.32 Å². The van der Waals surface area contributed by atoms with E-state index < -0.39 is 0 Å². The highest BCUT2D eigenvalue weighted by molar-refractivity contribution is 7.13. The third kappa shape index (κ3) is 2.96. The van der Waals surface area contributed by atoms with Crippen LogP contribution in [0.5, 0.6) is 0 Å². The van der Waals surface area contributed by atoms with Crippen LogP contribution in [-0.2, 0) is 0 Å². The lowest BCUT2D eigenvalue weighted by molar-refractivity contribution is 0.527. The molecule has 2 aromatic rings. The van der Waals surface area contributed by atoms with Crippen molar-refractivity contribution in [3.05, 3.63) is 12.0 Å².